The number of hydrogen-bond acceptors (Lipinski definition) is 4. The fraction of sp³-hybridized carbons (Fsp3) is 0.286. The van der Waals surface area contributed by atoms with Crippen LogP contribution >= 0.6 is 0 Å². The Balaban J connectivity index is 1.58. The first kappa shape index (κ1) is 20.1. The van der Waals surface area contributed by atoms with E-state index in [-0.39, 0.29) is 35.6 Å². The molecule has 0 saturated carbocycles. The highest BCUT2D eigenvalue weighted by Gasteiger charge is 2.21. The predicted molar refractivity (Wildman–Crippen MR) is 106 cm³/mol. The van der Waals surface area contributed by atoms with Gasteiger partial charge in [-0.15, -0.1) is 0 Å². The number of sulfonamides is 1. The van der Waals surface area contributed by atoms with Crippen molar-refractivity contribution in [2.75, 3.05) is 19.7 Å². The summed E-state index contributed by atoms with van der Waals surface area (Å²) in [5.74, 6) is 5.44. The van der Waals surface area contributed by atoms with E-state index >= 15 is 0 Å². The molecule has 2 aromatic carbocycles. The highest BCUT2D eigenvalue weighted by atomic mass is 32.2. The molecule has 1 saturated heterocycles. The summed E-state index contributed by atoms with van der Waals surface area (Å²) in [5, 5.41) is 2.68. The van der Waals surface area contributed by atoms with Crippen LogP contribution in [0.5, 0.6) is 0 Å². The van der Waals surface area contributed by atoms with Crippen molar-refractivity contribution in [3.63, 3.8) is 0 Å². The Labute approximate surface area is 165 Å². The lowest BCUT2D eigenvalue weighted by atomic mass is 10.2. The fourth-order valence-electron chi connectivity index (χ4n) is 2.79. The average Bonchev–Trinajstić information content (AvgIpc) is 3.24. The van der Waals surface area contributed by atoms with Crippen LogP contribution in [0.25, 0.3) is 0 Å². The normalized spacial score (nSPS) is 16.2. The van der Waals surface area contributed by atoms with Crippen LogP contribution in [0.4, 0.5) is 0 Å². The van der Waals surface area contributed by atoms with Crippen LogP contribution < -0.4 is 10.0 Å². The number of ether oxygens (including phenoxy) is 1. The van der Waals surface area contributed by atoms with E-state index in [1.165, 1.54) is 12.1 Å². The molecule has 1 unspecified atom stereocenters. The lowest BCUT2D eigenvalue weighted by Gasteiger charge is -2.12. The number of carbonyl (C=O) groups is 1. The molecule has 2 aromatic rings. The van der Waals surface area contributed by atoms with Gasteiger partial charge >= 0.3 is 0 Å². The summed E-state index contributed by atoms with van der Waals surface area (Å²) in [6.45, 7) is 1.06. The summed E-state index contributed by atoms with van der Waals surface area (Å²) in [4.78, 5) is 12.3. The van der Waals surface area contributed by atoms with Crippen molar-refractivity contribution in [1.82, 2.24) is 10.0 Å². The lowest BCUT2D eigenvalue weighted by Crippen LogP contribution is -2.32. The third-order valence-corrected chi connectivity index (χ3v) is 5.70. The zero-order chi connectivity index (χ0) is 19.8. The van der Waals surface area contributed by atoms with Crippen LogP contribution in [0, 0.1) is 11.8 Å². The zero-order valence-corrected chi connectivity index (χ0v) is 16.2. The summed E-state index contributed by atoms with van der Waals surface area (Å²) in [5.41, 5.74) is 1.13. The SMILES string of the molecule is O=C(NCC#Cc1ccccc1)c1cccc(S(=O)(=O)NCC2CCCO2)c1. The molecule has 0 radical (unpaired) electrons. The number of amides is 1. The fourth-order valence-corrected chi connectivity index (χ4v) is 3.90. The van der Waals surface area contributed by atoms with Gasteiger partial charge in [-0.1, -0.05) is 36.1 Å². The maximum absolute atomic E-state index is 12.5. The molecule has 7 heteroatoms. The maximum Gasteiger partial charge on any atom is 0.252 e. The van der Waals surface area contributed by atoms with Gasteiger partial charge in [0.15, 0.2) is 0 Å². The number of hydrogen-bond donors (Lipinski definition) is 2. The van der Waals surface area contributed by atoms with Crippen LogP contribution in [0.1, 0.15) is 28.8 Å². The average molecular weight is 398 g/mol. The Kier molecular flexibility index (Phi) is 6.82. The van der Waals surface area contributed by atoms with Crippen molar-refractivity contribution in [3.05, 3.63) is 65.7 Å². The van der Waals surface area contributed by atoms with Crippen LogP contribution in [0.2, 0.25) is 0 Å². The van der Waals surface area contributed by atoms with Gasteiger partial charge in [-0.05, 0) is 43.2 Å². The summed E-state index contributed by atoms with van der Waals surface area (Å²) < 4.78 is 32.9. The minimum atomic E-state index is -3.70. The van der Waals surface area contributed by atoms with Crippen molar-refractivity contribution in [2.24, 2.45) is 0 Å². The quantitative estimate of drug-likeness (QED) is 0.728. The second-order valence-corrected chi connectivity index (χ2v) is 8.13. The lowest BCUT2D eigenvalue weighted by molar-refractivity contribution is 0.0958. The van der Waals surface area contributed by atoms with Gasteiger partial charge in [0, 0.05) is 24.3 Å². The minimum Gasteiger partial charge on any atom is -0.377 e. The molecule has 6 nitrogen and oxygen atoms in total. The molecule has 0 aliphatic carbocycles. The monoisotopic (exact) mass is 398 g/mol. The summed E-state index contributed by atoms with van der Waals surface area (Å²) >= 11 is 0. The van der Waals surface area contributed by atoms with E-state index in [0.717, 1.165) is 18.4 Å². The van der Waals surface area contributed by atoms with E-state index in [1.807, 2.05) is 30.3 Å². The number of carbonyl (C=O) groups excluding carboxylic acids is 1. The Morgan fingerprint density at radius 2 is 1.96 bits per heavy atom. The van der Waals surface area contributed by atoms with E-state index in [2.05, 4.69) is 21.9 Å². The molecule has 1 amide bonds. The molecule has 1 heterocycles. The van der Waals surface area contributed by atoms with Gasteiger partial charge in [-0.3, -0.25) is 4.79 Å². The van der Waals surface area contributed by atoms with Crippen LogP contribution in [0.15, 0.2) is 59.5 Å². The molecule has 146 valence electrons. The molecular formula is C21H22N2O4S. The molecule has 3 rings (SSSR count). The smallest absolute Gasteiger partial charge is 0.252 e. The van der Waals surface area contributed by atoms with E-state index < -0.39 is 10.0 Å². The maximum atomic E-state index is 12.5. The van der Waals surface area contributed by atoms with Crippen LogP contribution in [0.3, 0.4) is 0 Å². The molecule has 0 aromatic heterocycles. The van der Waals surface area contributed by atoms with Crippen molar-refractivity contribution in [2.45, 2.75) is 23.8 Å². The number of rotatable bonds is 6. The topological polar surface area (TPSA) is 84.5 Å². The molecule has 1 aliphatic heterocycles. The van der Waals surface area contributed by atoms with Gasteiger partial charge in [0.2, 0.25) is 10.0 Å². The molecule has 0 spiro atoms. The Morgan fingerprint density at radius 1 is 1.14 bits per heavy atom. The summed E-state index contributed by atoms with van der Waals surface area (Å²) in [6, 6.07) is 15.4. The van der Waals surface area contributed by atoms with E-state index in [0.29, 0.717) is 6.61 Å². The Hall–Kier alpha value is -2.66. The second-order valence-electron chi connectivity index (χ2n) is 6.37. The molecule has 1 fully saturated rings. The second kappa shape index (κ2) is 9.51. The largest absolute Gasteiger partial charge is 0.377 e. The Morgan fingerprint density at radius 3 is 2.71 bits per heavy atom. The summed E-state index contributed by atoms with van der Waals surface area (Å²) in [7, 11) is -3.70. The van der Waals surface area contributed by atoms with Crippen LogP contribution in [-0.2, 0) is 14.8 Å². The molecule has 1 aliphatic rings. The third kappa shape index (κ3) is 5.67. The highest BCUT2D eigenvalue weighted by Crippen LogP contribution is 2.14. The molecular weight excluding hydrogens is 376 g/mol. The van der Waals surface area contributed by atoms with Crippen molar-refractivity contribution in [1.29, 1.82) is 0 Å². The van der Waals surface area contributed by atoms with Crippen molar-refractivity contribution in [3.8, 4) is 11.8 Å². The van der Waals surface area contributed by atoms with Crippen molar-refractivity contribution >= 4 is 15.9 Å². The van der Waals surface area contributed by atoms with E-state index in [1.54, 1.807) is 12.1 Å². The number of nitrogens with one attached hydrogen (secondary N) is 2. The van der Waals surface area contributed by atoms with Gasteiger partial charge < -0.3 is 10.1 Å². The summed E-state index contributed by atoms with van der Waals surface area (Å²) in [6.07, 6.45) is 1.69. The van der Waals surface area contributed by atoms with Gasteiger partial charge in [0.25, 0.3) is 5.91 Å². The van der Waals surface area contributed by atoms with Gasteiger partial charge in [0.05, 0.1) is 17.5 Å². The predicted octanol–water partition coefficient (Wildman–Crippen LogP) is 1.93. The first-order valence-corrected chi connectivity index (χ1v) is 10.6. The standard InChI is InChI=1S/C21H22N2O4S/c24-21(22-13-5-9-17-7-2-1-3-8-17)18-10-4-12-20(15-18)28(25,26)23-16-19-11-6-14-27-19/h1-4,7-8,10,12,15,19,23H,6,11,13-14,16H2,(H,22,24). The van der Waals surface area contributed by atoms with Crippen molar-refractivity contribution < 1.29 is 17.9 Å². The molecule has 0 bridgehead atoms. The minimum absolute atomic E-state index is 0.0496. The molecule has 1 atom stereocenters. The van der Waals surface area contributed by atoms with E-state index in [4.69, 9.17) is 4.74 Å². The highest BCUT2D eigenvalue weighted by molar-refractivity contribution is 7.89. The van der Waals surface area contributed by atoms with Gasteiger partial charge in [-0.25, -0.2) is 13.1 Å². The molecule has 2 N–H and O–H groups in total. The van der Waals surface area contributed by atoms with E-state index in [9.17, 15) is 13.2 Å². The van der Waals surface area contributed by atoms with Gasteiger partial charge in [-0.2, -0.15) is 0 Å². The first-order chi connectivity index (χ1) is 13.5. The zero-order valence-electron chi connectivity index (χ0n) is 15.4. The molecule has 28 heavy (non-hydrogen) atoms. The first-order valence-electron chi connectivity index (χ1n) is 9.08. The third-order valence-electron chi connectivity index (χ3n) is 4.28. The van der Waals surface area contributed by atoms with Gasteiger partial charge in [0.1, 0.15) is 0 Å². The van der Waals surface area contributed by atoms with Crippen LogP contribution in [-0.4, -0.2) is 40.1 Å². The number of benzene rings is 2. The Bertz CT molecular complexity index is 972.